The third-order valence-corrected chi connectivity index (χ3v) is 3.25. The van der Waals surface area contributed by atoms with Gasteiger partial charge >= 0.3 is 0 Å². The molecule has 1 heterocycles. The van der Waals surface area contributed by atoms with E-state index in [0.29, 0.717) is 17.6 Å². The van der Waals surface area contributed by atoms with E-state index in [4.69, 9.17) is 10.5 Å². The fourth-order valence-electron chi connectivity index (χ4n) is 1.66. The first-order valence-electron chi connectivity index (χ1n) is 5.78. The number of hydrogen-bond acceptors (Lipinski definition) is 4. The number of rotatable bonds is 3. The van der Waals surface area contributed by atoms with Crippen LogP contribution in [0.3, 0.4) is 0 Å². The number of hydrogen-bond donors (Lipinski definition) is 1. The zero-order valence-corrected chi connectivity index (χ0v) is 11.2. The van der Waals surface area contributed by atoms with E-state index < -0.39 is 0 Å². The zero-order chi connectivity index (χ0) is 12.5. The second-order valence-corrected chi connectivity index (χ2v) is 5.24. The van der Waals surface area contributed by atoms with Crippen LogP contribution in [0.2, 0.25) is 0 Å². The van der Waals surface area contributed by atoms with Gasteiger partial charge in [0.1, 0.15) is 17.4 Å². The predicted molar refractivity (Wildman–Crippen MR) is 72.6 cm³/mol. The molecule has 5 heteroatoms. The number of benzene rings is 1. The van der Waals surface area contributed by atoms with Gasteiger partial charge < -0.3 is 10.5 Å². The fourth-order valence-corrected chi connectivity index (χ4v) is 1.93. The van der Waals surface area contributed by atoms with Crippen LogP contribution in [0.15, 0.2) is 34.8 Å². The van der Waals surface area contributed by atoms with E-state index in [-0.39, 0.29) is 0 Å². The lowest BCUT2D eigenvalue weighted by Gasteiger charge is -2.07. The average molecular weight is 306 g/mol. The molecule has 4 nitrogen and oxygen atoms in total. The molecule has 0 bridgehead atoms. The molecule has 18 heavy (non-hydrogen) atoms. The number of anilines is 1. The van der Waals surface area contributed by atoms with Gasteiger partial charge in [0.25, 0.3) is 0 Å². The van der Waals surface area contributed by atoms with Crippen molar-refractivity contribution in [2.24, 2.45) is 0 Å². The van der Waals surface area contributed by atoms with Crippen LogP contribution in [-0.4, -0.2) is 9.97 Å². The summed E-state index contributed by atoms with van der Waals surface area (Å²) in [7, 11) is 0. The molecule has 3 rings (SSSR count). The van der Waals surface area contributed by atoms with Crippen molar-refractivity contribution >= 4 is 21.7 Å². The Morgan fingerprint density at radius 1 is 1.17 bits per heavy atom. The van der Waals surface area contributed by atoms with Crippen molar-refractivity contribution in [3.05, 3.63) is 40.6 Å². The molecule has 1 aliphatic carbocycles. The summed E-state index contributed by atoms with van der Waals surface area (Å²) in [5.41, 5.74) is 5.76. The maximum atomic E-state index is 5.76. The zero-order valence-electron chi connectivity index (χ0n) is 9.64. The molecule has 1 fully saturated rings. The molecule has 1 aromatic heterocycles. The Labute approximate surface area is 113 Å². The van der Waals surface area contributed by atoms with Crippen LogP contribution in [-0.2, 0) is 0 Å². The molecule has 1 aromatic carbocycles. The summed E-state index contributed by atoms with van der Waals surface area (Å²) in [6.07, 6.45) is 2.28. The van der Waals surface area contributed by atoms with Gasteiger partial charge in [-0.15, -0.1) is 0 Å². The van der Waals surface area contributed by atoms with Gasteiger partial charge in [-0.05, 0) is 37.1 Å². The highest BCUT2D eigenvalue weighted by atomic mass is 79.9. The molecule has 2 N–H and O–H groups in total. The molecule has 0 atom stereocenters. The van der Waals surface area contributed by atoms with E-state index >= 15 is 0 Å². The van der Waals surface area contributed by atoms with Crippen molar-refractivity contribution in [1.82, 2.24) is 9.97 Å². The molecule has 92 valence electrons. The van der Waals surface area contributed by atoms with Crippen LogP contribution in [0.25, 0.3) is 0 Å². The number of halogens is 1. The second kappa shape index (κ2) is 4.57. The molecule has 0 saturated heterocycles. The van der Waals surface area contributed by atoms with Gasteiger partial charge in [0, 0.05) is 16.5 Å². The van der Waals surface area contributed by atoms with Gasteiger partial charge in [0.2, 0.25) is 5.88 Å². The SMILES string of the molecule is Nc1cc(Oc2ccc(Br)cc2)nc(C2CC2)n1. The normalized spacial score (nSPS) is 14.5. The first-order valence-corrected chi connectivity index (χ1v) is 6.58. The van der Waals surface area contributed by atoms with E-state index in [9.17, 15) is 0 Å². The highest BCUT2D eigenvalue weighted by Gasteiger charge is 2.27. The van der Waals surface area contributed by atoms with Crippen LogP contribution in [0.1, 0.15) is 24.6 Å². The van der Waals surface area contributed by atoms with Crippen molar-refractivity contribution in [2.75, 3.05) is 5.73 Å². The van der Waals surface area contributed by atoms with Gasteiger partial charge in [-0.1, -0.05) is 15.9 Å². The third kappa shape index (κ3) is 2.61. The van der Waals surface area contributed by atoms with E-state index in [1.54, 1.807) is 6.07 Å². The van der Waals surface area contributed by atoms with Crippen molar-refractivity contribution in [2.45, 2.75) is 18.8 Å². The molecule has 0 radical (unpaired) electrons. The van der Waals surface area contributed by atoms with Crippen molar-refractivity contribution in [1.29, 1.82) is 0 Å². The Kier molecular flexibility index (Phi) is 2.91. The second-order valence-electron chi connectivity index (χ2n) is 4.32. The molecule has 0 aliphatic heterocycles. The molecule has 0 unspecified atom stereocenters. The monoisotopic (exact) mass is 305 g/mol. The molecule has 1 aliphatic rings. The number of ether oxygens (including phenoxy) is 1. The maximum absolute atomic E-state index is 5.76. The smallest absolute Gasteiger partial charge is 0.224 e. The van der Waals surface area contributed by atoms with E-state index in [2.05, 4.69) is 25.9 Å². The van der Waals surface area contributed by atoms with E-state index in [0.717, 1.165) is 28.9 Å². The van der Waals surface area contributed by atoms with Crippen molar-refractivity contribution < 1.29 is 4.74 Å². The maximum Gasteiger partial charge on any atom is 0.224 e. The molecular formula is C13H12BrN3O. The lowest BCUT2D eigenvalue weighted by atomic mass is 10.3. The summed E-state index contributed by atoms with van der Waals surface area (Å²) in [5.74, 6) is 2.95. The Hall–Kier alpha value is -1.62. The highest BCUT2D eigenvalue weighted by molar-refractivity contribution is 9.10. The molecule has 1 saturated carbocycles. The standard InChI is InChI=1S/C13H12BrN3O/c14-9-3-5-10(6-4-9)18-12-7-11(15)16-13(17-12)8-1-2-8/h3-8H,1-2H2,(H2,15,16,17). The summed E-state index contributed by atoms with van der Waals surface area (Å²) in [4.78, 5) is 8.62. The fraction of sp³-hybridized carbons (Fsp3) is 0.231. The first-order chi connectivity index (χ1) is 8.70. The molecule has 0 spiro atoms. The quantitative estimate of drug-likeness (QED) is 0.943. The largest absolute Gasteiger partial charge is 0.439 e. The summed E-state index contributed by atoms with van der Waals surface area (Å²) in [6, 6.07) is 9.23. The molecular weight excluding hydrogens is 294 g/mol. The Morgan fingerprint density at radius 3 is 2.56 bits per heavy atom. The molecule has 0 amide bonds. The van der Waals surface area contributed by atoms with Gasteiger partial charge in [-0.2, -0.15) is 4.98 Å². The van der Waals surface area contributed by atoms with Crippen LogP contribution in [0.4, 0.5) is 5.82 Å². The van der Waals surface area contributed by atoms with Crippen LogP contribution in [0.5, 0.6) is 11.6 Å². The van der Waals surface area contributed by atoms with Gasteiger partial charge in [0.15, 0.2) is 0 Å². The van der Waals surface area contributed by atoms with Crippen LogP contribution in [0, 0.1) is 0 Å². The summed E-state index contributed by atoms with van der Waals surface area (Å²) in [6.45, 7) is 0. The minimum Gasteiger partial charge on any atom is -0.439 e. The van der Waals surface area contributed by atoms with Gasteiger partial charge in [-0.25, -0.2) is 4.98 Å². The van der Waals surface area contributed by atoms with Crippen LogP contribution >= 0.6 is 15.9 Å². The Balaban J connectivity index is 1.85. The first kappa shape index (κ1) is 11.5. The third-order valence-electron chi connectivity index (χ3n) is 2.72. The van der Waals surface area contributed by atoms with Crippen molar-refractivity contribution in [3.63, 3.8) is 0 Å². The number of nitrogens with two attached hydrogens (primary N) is 1. The number of aromatic nitrogens is 2. The Bertz CT molecular complexity index is 567. The lowest BCUT2D eigenvalue weighted by molar-refractivity contribution is 0.459. The lowest BCUT2D eigenvalue weighted by Crippen LogP contribution is -2.00. The molecule has 2 aromatic rings. The number of nitrogen functional groups attached to an aromatic ring is 1. The minimum absolute atomic E-state index is 0.457. The topological polar surface area (TPSA) is 61.0 Å². The van der Waals surface area contributed by atoms with Crippen molar-refractivity contribution in [3.8, 4) is 11.6 Å². The highest BCUT2D eigenvalue weighted by Crippen LogP contribution is 2.39. The van der Waals surface area contributed by atoms with Gasteiger partial charge in [-0.3, -0.25) is 0 Å². The predicted octanol–water partition coefficient (Wildman–Crippen LogP) is 3.49. The minimum atomic E-state index is 0.457. The summed E-state index contributed by atoms with van der Waals surface area (Å²) >= 11 is 3.38. The van der Waals surface area contributed by atoms with Crippen LogP contribution < -0.4 is 10.5 Å². The average Bonchev–Trinajstić information content (AvgIpc) is 3.15. The van der Waals surface area contributed by atoms with Gasteiger partial charge in [0.05, 0.1) is 0 Å². The van der Waals surface area contributed by atoms with E-state index in [1.165, 1.54) is 0 Å². The Morgan fingerprint density at radius 2 is 1.89 bits per heavy atom. The summed E-state index contributed by atoms with van der Waals surface area (Å²) < 4.78 is 6.69. The number of nitrogens with zero attached hydrogens (tertiary/aromatic N) is 2. The summed E-state index contributed by atoms with van der Waals surface area (Å²) in [5, 5.41) is 0. The van der Waals surface area contributed by atoms with E-state index in [1.807, 2.05) is 24.3 Å².